The van der Waals surface area contributed by atoms with Crippen LogP contribution in [0.2, 0.25) is 0 Å². The number of hydrogen-bond acceptors (Lipinski definition) is 6. The summed E-state index contributed by atoms with van der Waals surface area (Å²) in [5, 5.41) is 3.05. The van der Waals surface area contributed by atoms with Gasteiger partial charge in [0, 0.05) is 16.8 Å². The summed E-state index contributed by atoms with van der Waals surface area (Å²) < 4.78 is 11.1. The van der Waals surface area contributed by atoms with Crippen LogP contribution in [-0.4, -0.2) is 43.8 Å². The number of methoxy groups -OCH3 is 2. The van der Waals surface area contributed by atoms with Gasteiger partial charge in [-0.3, -0.25) is 14.4 Å². The van der Waals surface area contributed by atoms with E-state index in [0.717, 1.165) is 11.3 Å². The largest absolute Gasteiger partial charge is 0.497 e. The molecule has 0 aromatic heterocycles. The van der Waals surface area contributed by atoms with Crippen LogP contribution < -0.4 is 19.7 Å². The number of hydrogen-bond donors (Lipinski definition) is 1. The average molecular weight is 537 g/mol. The van der Waals surface area contributed by atoms with Gasteiger partial charge in [-0.25, -0.2) is 0 Å². The van der Waals surface area contributed by atoms with E-state index in [1.807, 2.05) is 86.4 Å². The van der Waals surface area contributed by atoms with E-state index in [0.29, 0.717) is 22.7 Å². The number of amides is 1. The van der Waals surface area contributed by atoms with E-state index >= 15 is 0 Å². The van der Waals surface area contributed by atoms with Gasteiger partial charge in [-0.2, -0.15) is 0 Å². The zero-order valence-electron chi connectivity index (χ0n) is 23.2. The van der Waals surface area contributed by atoms with Gasteiger partial charge in [-0.05, 0) is 41.5 Å². The maximum atomic E-state index is 15.0. The van der Waals surface area contributed by atoms with E-state index in [9.17, 15) is 14.4 Å². The van der Waals surface area contributed by atoms with Gasteiger partial charge >= 0.3 is 0 Å². The number of rotatable bonds is 5. The number of nitrogens with zero attached hydrogens (tertiary/aromatic N) is 1. The number of para-hydroxylation sites is 2. The summed E-state index contributed by atoms with van der Waals surface area (Å²) in [5.41, 5.74) is 1.23. The summed E-state index contributed by atoms with van der Waals surface area (Å²) in [6.45, 7) is 5.58. The van der Waals surface area contributed by atoms with E-state index < -0.39 is 28.8 Å². The fraction of sp³-hybridized carbons (Fsp3) is 0.303. The number of anilines is 2. The van der Waals surface area contributed by atoms with Crippen LogP contribution in [0.15, 0.2) is 72.8 Å². The van der Waals surface area contributed by atoms with E-state index in [-0.39, 0.29) is 23.0 Å². The Bertz CT molecular complexity index is 1590. The van der Waals surface area contributed by atoms with Crippen molar-refractivity contribution < 1.29 is 23.9 Å². The van der Waals surface area contributed by atoms with Crippen LogP contribution in [0.4, 0.5) is 11.4 Å². The molecule has 4 atom stereocenters. The first-order valence-electron chi connectivity index (χ1n) is 13.4. The monoisotopic (exact) mass is 536 g/mol. The van der Waals surface area contributed by atoms with Crippen LogP contribution in [0.5, 0.6) is 11.5 Å². The highest BCUT2D eigenvalue weighted by molar-refractivity contribution is 6.17. The van der Waals surface area contributed by atoms with Crippen molar-refractivity contribution in [1.29, 1.82) is 0 Å². The molecule has 0 radical (unpaired) electrons. The first kappa shape index (κ1) is 25.9. The third-order valence-corrected chi connectivity index (χ3v) is 8.50. The number of nitrogens with one attached hydrogen (secondary N) is 1. The van der Waals surface area contributed by atoms with Crippen LogP contribution in [0, 0.1) is 11.3 Å². The molecule has 3 aromatic rings. The van der Waals surface area contributed by atoms with Crippen molar-refractivity contribution in [3.05, 3.63) is 89.5 Å². The number of carbonyl (C=O) groups is 3. The van der Waals surface area contributed by atoms with Crippen molar-refractivity contribution in [2.75, 3.05) is 24.4 Å². The number of benzene rings is 3. The lowest BCUT2D eigenvalue weighted by molar-refractivity contribution is -0.128. The molecule has 7 nitrogen and oxygen atoms in total. The quantitative estimate of drug-likeness (QED) is 0.446. The molecule has 204 valence electrons. The van der Waals surface area contributed by atoms with E-state index in [4.69, 9.17) is 9.47 Å². The van der Waals surface area contributed by atoms with Crippen molar-refractivity contribution in [3.63, 3.8) is 0 Å². The molecule has 7 heteroatoms. The third kappa shape index (κ3) is 3.46. The molecule has 1 saturated heterocycles. The lowest BCUT2D eigenvalue weighted by Crippen LogP contribution is -2.51. The summed E-state index contributed by atoms with van der Waals surface area (Å²) in [5.74, 6) is -0.964. The van der Waals surface area contributed by atoms with E-state index in [1.54, 1.807) is 18.2 Å². The maximum Gasteiger partial charge on any atom is 0.238 e. The van der Waals surface area contributed by atoms with Crippen molar-refractivity contribution >= 4 is 34.9 Å². The van der Waals surface area contributed by atoms with Crippen LogP contribution in [0.25, 0.3) is 6.08 Å². The molecule has 0 bridgehead atoms. The molecule has 0 aliphatic carbocycles. The minimum Gasteiger partial charge on any atom is -0.497 e. The Morgan fingerprint density at radius 1 is 0.950 bits per heavy atom. The van der Waals surface area contributed by atoms with Gasteiger partial charge in [0.2, 0.25) is 5.91 Å². The molecule has 3 heterocycles. The first-order chi connectivity index (χ1) is 19.1. The zero-order chi connectivity index (χ0) is 28.4. The fourth-order valence-corrected chi connectivity index (χ4v) is 6.74. The standard InChI is InChI=1S/C33H32N2O5/c1-32(2,3)30(37)28-27(29(36)21-18-20(39-4)15-16-25(21)40-5)33(22-11-7-8-12-23(22)34-31(33)38)26-17-14-19-10-6-9-13-24(19)35(26)28/h6-18,26-28H,1-5H3,(H,34,38)/t26-,27-,28+,33-/m0/s1. The van der Waals surface area contributed by atoms with Crippen molar-refractivity contribution in [2.45, 2.75) is 38.3 Å². The molecule has 0 saturated carbocycles. The van der Waals surface area contributed by atoms with Gasteiger partial charge in [0.1, 0.15) is 23.0 Å². The minimum atomic E-state index is -1.36. The minimum absolute atomic E-state index is 0.114. The Balaban J connectivity index is 1.69. The van der Waals surface area contributed by atoms with E-state index in [1.165, 1.54) is 14.2 Å². The molecule has 1 N–H and O–H groups in total. The molecule has 1 fully saturated rings. The lowest BCUT2D eigenvalue weighted by Gasteiger charge is -2.38. The molecule has 1 amide bonds. The Kier molecular flexibility index (Phi) is 5.87. The van der Waals surface area contributed by atoms with Crippen molar-refractivity contribution in [2.24, 2.45) is 11.3 Å². The van der Waals surface area contributed by atoms with Gasteiger partial charge in [-0.15, -0.1) is 0 Å². The molecular formula is C33H32N2O5. The van der Waals surface area contributed by atoms with Gasteiger partial charge in [0.15, 0.2) is 11.6 Å². The van der Waals surface area contributed by atoms with Crippen LogP contribution in [-0.2, 0) is 15.0 Å². The maximum absolute atomic E-state index is 15.0. The Hall–Kier alpha value is -4.39. The van der Waals surface area contributed by atoms with Crippen LogP contribution in [0.3, 0.4) is 0 Å². The molecule has 1 spiro atoms. The predicted molar refractivity (Wildman–Crippen MR) is 154 cm³/mol. The van der Waals surface area contributed by atoms with Crippen LogP contribution >= 0.6 is 0 Å². The van der Waals surface area contributed by atoms with Gasteiger partial charge < -0.3 is 19.7 Å². The number of ether oxygens (including phenoxy) is 2. The lowest BCUT2D eigenvalue weighted by atomic mass is 9.63. The van der Waals surface area contributed by atoms with Crippen molar-refractivity contribution in [1.82, 2.24) is 0 Å². The number of carbonyl (C=O) groups excluding carboxylic acids is 3. The Morgan fingerprint density at radius 2 is 1.68 bits per heavy atom. The predicted octanol–water partition coefficient (Wildman–Crippen LogP) is 5.29. The normalized spacial score (nSPS) is 24.3. The number of fused-ring (bicyclic) bond motifs is 6. The molecule has 40 heavy (non-hydrogen) atoms. The topological polar surface area (TPSA) is 84.9 Å². The smallest absolute Gasteiger partial charge is 0.238 e. The summed E-state index contributed by atoms with van der Waals surface area (Å²) in [7, 11) is 3.03. The number of Topliss-reactive ketones (excluding diaryl/α,β-unsaturated/α-hetero) is 2. The SMILES string of the molecule is COc1ccc(OC)c(C(=O)[C@@H]2[C@H](C(=O)C(C)(C)C)N3c4ccccc4C=C[C@H]3[C@]23C(=O)Nc2ccccc23)c1. The molecule has 3 aromatic carbocycles. The Morgan fingerprint density at radius 3 is 2.40 bits per heavy atom. The number of ketones is 2. The summed E-state index contributed by atoms with van der Waals surface area (Å²) in [6, 6.07) is 18.8. The van der Waals surface area contributed by atoms with Gasteiger partial charge in [0.25, 0.3) is 0 Å². The van der Waals surface area contributed by atoms with Gasteiger partial charge in [-0.1, -0.05) is 69.3 Å². The molecule has 0 unspecified atom stereocenters. The second-order valence-electron chi connectivity index (χ2n) is 11.6. The highest BCUT2D eigenvalue weighted by atomic mass is 16.5. The molecule has 6 rings (SSSR count). The highest BCUT2D eigenvalue weighted by Crippen LogP contribution is 2.58. The third-order valence-electron chi connectivity index (χ3n) is 8.50. The zero-order valence-corrected chi connectivity index (χ0v) is 23.2. The summed E-state index contributed by atoms with van der Waals surface area (Å²) in [4.78, 5) is 45.9. The fourth-order valence-electron chi connectivity index (χ4n) is 6.74. The van der Waals surface area contributed by atoms with Crippen molar-refractivity contribution in [3.8, 4) is 11.5 Å². The average Bonchev–Trinajstić information content (AvgIpc) is 3.43. The van der Waals surface area contributed by atoms with E-state index in [2.05, 4.69) is 5.32 Å². The second-order valence-corrected chi connectivity index (χ2v) is 11.6. The first-order valence-corrected chi connectivity index (χ1v) is 13.4. The highest BCUT2D eigenvalue weighted by Gasteiger charge is 2.71. The molecule has 3 aliphatic rings. The van der Waals surface area contributed by atoms with Gasteiger partial charge in [0.05, 0.1) is 31.7 Å². The summed E-state index contributed by atoms with van der Waals surface area (Å²) >= 11 is 0. The van der Waals surface area contributed by atoms with Crippen LogP contribution in [0.1, 0.15) is 42.3 Å². The summed E-state index contributed by atoms with van der Waals surface area (Å²) in [6.07, 6.45) is 3.97. The molecular weight excluding hydrogens is 504 g/mol. The molecule has 3 aliphatic heterocycles. The Labute approximate surface area is 233 Å². The second kappa shape index (κ2) is 9.08.